The molecule has 0 amide bonds. The van der Waals surface area contributed by atoms with Gasteiger partial charge in [0.05, 0.1) is 27.3 Å². The number of rotatable bonds is 3. The summed E-state index contributed by atoms with van der Waals surface area (Å²) in [6.45, 7) is 32.1. The minimum atomic E-state index is -0.814. The van der Waals surface area contributed by atoms with Crippen LogP contribution in [0.25, 0.3) is 0 Å². The Labute approximate surface area is 133 Å². The molecule has 0 bridgehead atoms. The Morgan fingerprint density at radius 1 is 0.600 bits per heavy atom. The van der Waals surface area contributed by atoms with E-state index in [0.29, 0.717) is 15.5 Å². The molecule has 0 heterocycles. The Morgan fingerprint density at radius 3 is 1.10 bits per heavy atom. The van der Waals surface area contributed by atoms with E-state index in [1.807, 2.05) is 0 Å². The topological polar surface area (TPSA) is 0 Å². The quantitative estimate of drug-likeness (QED) is 0.449. The zero-order valence-electron chi connectivity index (χ0n) is 16.3. The van der Waals surface area contributed by atoms with Gasteiger partial charge in [0.25, 0.3) is 0 Å². The highest BCUT2D eigenvalue weighted by molar-refractivity contribution is 8.79. The minimum absolute atomic E-state index is 0.0804. The van der Waals surface area contributed by atoms with Crippen LogP contribution in [0.4, 0.5) is 0 Å². The first-order chi connectivity index (χ1) is 8.40. The highest BCUT2D eigenvalue weighted by atomic mass is 32.7. The molecule has 3 atom stereocenters. The molecule has 0 aliphatic carbocycles. The molecule has 122 valence electrons. The van der Waals surface area contributed by atoms with Crippen LogP contribution in [-0.2, 0) is 0 Å². The van der Waals surface area contributed by atoms with Crippen LogP contribution in [0.1, 0.15) is 62.3 Å². The molecule has 0 spiro atoms. The maximum Gasteiger partial charge on any atom is 0.0880 e. The standard InChI is InChI=1S/C16H39P4/c1-14(2,3)17(10)18(15(4,5)6)19(16(7,8)9)20(11,12)13/h1-13H3/q+1. The SMILES string of the molecule is CP(P(P(C(C)(C)C)[P+](C)(C)C)C(C)(C)C)C(C)(C)C. The Balaban J connectivity index is 5.97. The molecular formula is C16H39P4+. The van der Waals surface area contributed by atoms with Crippen LogP contribution in [0, 0.1) is 0 Å². The van der Waals surface area contributed by atoms with E-state index in [4.69, 9.17) is 0 Å². The lowest BCUT2D eigenvalue weighted by molar-refractivity contribution is 0.776. The molecule has 3 unspecified atom stereocenters. The van der Waals surface area contributed by atoms with Crippen LogP contribution in [0.5, 0.6) is 0 Å². The highest BCUT2D eigenvalue weighted by Crippen LogP contribution is 3.06. The summed E-state index contributed by atoms with van der Waals surface area (Å²) in [5, 5.41) is 1.45. The summed E-state index contributed by atoms with van der Waals surface area (Å²) in [4.78, 5) is 0. The maximum absolute atomic E-state index is 2.60. The molecule has 0 aliphatic heterocycles. The second-order valence-electron chi connectivity index (χ2n) is 9.56. The van der Waals surface area contributed by atoms with Gasteiger partial charge in [-0.05, 0) is 24.3 Å². The fourth-order valence-electron chi connectivity index (χ4n) is 2.58. The molecule has 0 aromatic carbocycles. The van der Waals surface area contributed by atoms with Crippen molar-refractivity contribution in [1.82, 2.24) is 0 Å². The first-order valence-corrected chi connectivity index (χ1v) is 17.3. The number of hydrogen-bond donors (Lipinski definition) is 0. The van der Waals surface area contributed by atoms with E-state index in [-0.39, 0.29) is 22.2 Å². The van der Waals surface area contributed by atoms with Gasteiger partial charge in [-0.15, -0.1) is 0 Å². The molecule has 4 heteroatoms. The second-order valence-corrected chi connectivity index (χ2v) is 31.8. The number of hydrogen-bond acceptors (Lipinski definition) is 0. The molecule has 0 radical (unpaired) electrons. The molecule has 0 rings (SSSR count). The van der Waals surface area contributed by atoms with Crippen LogP contribution < -0.4 is 0 Å². The van der Waals surface area contributed by atoms with E-state index in [0.717, 1.165) is 0 Å². The minimum Gasteiger partial charge on any atom is -0.0700 e. The summed E-state index contributed by atoms with van der Waals surface area (Å²) in [6, 6.07) is 0. The fourth-order valence-corrected chi connectivity index (χ4v) is 47.1. The summed E-state index contributed by atoms with van der Waals surface area (Å²) in [7, 11) is 0.276. The van der Waals surface area contributed by atoms with E-state index in [2.05, 4.69) is 89.0 Å². The predicted octanol–water partition coefficient (Wildman–Crippen LogP) is 8.11. The summed E-state index contributed by atoms with van der Waals surface area (Å²) < 4.78 is 0. The lowest BCUT2D eigenvalue weighted by atomic mass is 10.3. The van der Waals surface area contributed by atoms with Gasteiger partial charge in [0.15, 0.2) is 0 Å². The molecule has 0 aromatic heterocycles. The van der Waals surface area contributed by atoms with Crippen molar-refractivity contribution in [1.29, 1.82) is 0 Å². The van der Waals surface area contributed by atoms with Crippen LogP contribution >= 0.6 is 29.2 Å². The summed E-state index contributed by atoms with van der Waals surface area (Å²) >= 11 is 0. The van der Waals surface area contributed by atoms with Crippen LogP contribution in [-0.4, -0.2) is 42.1 Å². The van der Waals surface area contributed by atoms with Gasteiger partial charge in [-0.2, -0.15) is 0 Å². The van der Waals surface area contributed by atoms with Crippen LogP contribution in [0.2, 0.25) is 0 Å². The van der Waals surface area contributed by atoms with Crippen molar-refractivity contribution in [3.05, 3.63) is 0 Å². The van der Waals surface area contributed by atoms with Gasteiger partial charge in [-0.25, -0.2) is 0 Å². The van der Waals surface area contributed by atoms with E-state index >= 15 is 0 Å². The molecule has 0 N–H and O–H groups in total. The summed E-state index contributed by atoms with van der Waals surface area (Å²) in [6.07, 6.45) is 0. The molecule has 0 saturated carbocycles. The normalized spacial score (nSPS) is 19.6. The predicted molar refractivity (Wildman–Crippen MR) is 111 cm³/mol. The third kappa shape index (κ3) is 6.08. The Kier molecular flexibility index (Phi) is 7.26. The van der Waals surface area contributed by atoms with Gasteiger partial charge in [-0.3, -0.25) is 0 Å². The van der Waals surface area contributed by atoms with Crippen molar-refractivity contribution in [2.75, 3.05) is 26.7 Å². The molecule has 0 fully saturated rings. The summed E-state index contributed by atoms with van der Waals surface area (Å²) in [5.74, 6) is 0. The van der Waals surface area contributed by atoms with E-state index < -0.39 is 6.95 Å². The molecule has 0 aromatic rings. The van der Waals surface area contributed by atoms with Gasteiger partial charge < -0.3 is 0 Å². The molecule has 20 heavy (non-hydrogen) atoms. The van der Waals surface area contributed by atoms with Crippen molar-refractivity contribution in [3.63, 3.8) is 0 Å². The van der Waals surface area contributed by atoms with Gasteiger partial charge in [-0.1, -0.05) is 69.9 Å². The van der Waals surface area contributed by atoms with Gasteiger partial charge >= 0.3 is 0 Å². The van der Waals surface area contributed by atoms with Crippen molar-refractivity contribution >= 4 is 29.2 Å². The van der Waals surface area contributed by atoms with Crippen LogP contribution in [0.3, 0.4) is 0 Å². The van der Waals surface area contributed by atoms with Gasteiger partial charge in [0, 0.05) is 12.1 Å². The highest BCUT2D eigenvalue weighted by Gasteiger charge is 2.53. The average molecular weight is 355 g/mol. The van der Waals surface area contributed by atoms with E-state index in [1.165, 1.54) is 0 Å². The average Bonchev–Trinajstić information content (AvgIpc) is 2.04. The Morgan fingerprint density at radius 2 is 0.950 bits per heavy atom. The lowest BCUT2D eigenvalue weighted by Gasteiger charge is -2.51. The van der Waals surface area contributed by atoms with Crippen molar-refractivity contribution < 1.29 is 0 Å². The zero-order chi connectivity index (χ0) is 16.7. The largest absolute Gasteiger partial charge is 0.0880 e. The molecule has 0 aliphatic rings. The Bertz CT molecular complexity index is 295. The monoisotopic (exact) mass is 355 g/mol. The third-order valence-corrected chi connectivity index (χ3v) is 36.5. The molecule has 0 nitrogen and oxygen atoms in total. The van der Waals surface area contributed by atoms with Crippen molar-refractivity contribution in [3.8, 4) is 0 Å². The van der Waals surface area contributed by atoms with Crippen LogP contribution in [0.15, 0.2) is 0 Å². The summed E-state index contributed by atoms with van der Waals surface area (Å²) in [5.41, 5.74) is 0. The fraction of sp³-hybridized carbons (Fsp3) is 1.00. The van der Waals surface area contributed by atoms with Gasteiger partial charge in [0.1, 0.15) is 0 Å². The smallest absolute Gasteiger partial charge is 0.0700 e. The van der Waals surface area contributed by atoms with Crippen molar-refractivity contribution in [2.45, 2.75) is 77.8 Å². The van der Waals surface area contributed by atoms with E-state index in [9.17, 15) is 0 Å². The maximum atomic E-state index is 2.60. The first kappa shape index (κ1) is 21.7. The second kappa shape index (κ2) is 6.68. The lowest BCUT2D eigenvalue weighted by Crippen LogP contribution is -2.21. The molecule has 0 saturated heterocycles. The van der Waals surface area contributed by atoms with Gasteiger partial charge in [0.2, 0.25) is 0 Å². The third-order valence-electron chi connectivity index (χ3n) is 3.20. The zero-order valence-corrected chi connectivity index (χ0v) is 19.9. The first-order valence-electron chi connectivity index (χ1n) is 7.56. The van der Waals surface area contributed by atoms with E-state index in [1.54, 1.807) is 0 Å². The molecular weight excluding hydrogens is 316 g/mol. The van der Waals surface area contributed by atoms with Crippen molar-refractivity contribution in [2.24, 2.45) is 0 Å². The Hall–Kier alpha value is 1.72.